The number of rotatable bonds is 2. The number of esters is 1. The summed E-state index contributed by atoms with van der Waals surface area (Å²) in [4.78, 5) is 22.4. The molecular weight excluding hydrogens is 250 g/mol. The number of halogens is 1. The molecule has 0 aromatic carbocycles. The zero-order valence-corrected chi connectivity index (χ0v) is 9.50. The Bertz CT molecular complexity index is 411. The molecule has 4 nitrogen and oxygen atoms in total. The fourth-order valence-corrected chi connectivity index (χ4v) is 1.65. The van der Waals surface area contributed by atoms with Crippen LogP contribution in [0.1, 0.15) is 5.56 Å². The van der Waals surface area contributed by atoms with Crippen LogP contribution in [0.2, 0.25) is 0 Å². The Labute approximate surface area is 89.6 Å². The summed E-state index contributed by atoms with van der Waals surface area (Å²) in [5.74, 6) is -0.440. The van der Waals surface area contributed by atoms with Gasteiger partial charge in [0.2, 0.25) is 0 Å². The van der Waals surface area contributed by atoms with Crippen molar-refractivity contribution in [2.24, 2.45) is 0 Å². The first-order valence-electron chi connectivity index (χ1n) is 3.98. The number of nitrogens with zero attached hydrogens (tertiary/aromatic N) is 1. The van der Waals surface area contributed by atoms with Gasteiger partial charge in [0.1, 0.15) is 6.54 Å². The zero-order chi connectivity index (χ0) is 10.7. The van der Waals surface area contributed by atoms with E-state index in [2.05, 4.69) is 20.7 Å². The largest absolute Gasteiger partial charge is 0.468 e. The molecule has 0 amide bonds. The minimum Gasteiger partial charge on any atom is -0.468 e. The molecule has 0 N–H and O–H groups in total. The van der Waals surface area contributed by atoms with Crippen LogP contribution >= 0.6 is 15.9 Å². The number of pyridine rings is 1. The second kappa shape index (κ2) is 4.41. The Kier molecular flexibility index (Phi) is 3.46. The molecule has 1 heterocycles. The zero-order valence-electron chi connectivity index (χ0n) is 7.91. The van der Waals surface area contributed by atoms with Crippen molar-refractivity contribution in [1.82, 2.24) is 4.57 Å². The van der Waals surface area contributed by atoms with Gasteiger partial charge in [-0.2, -0.15) is 0 Å². The van der Waals surface area contributed by atoms with Gasteiger partial charge in [-0.15, -0.1) is 0 Å². The van der Waals surface area contributed by atoms with Crippen LogP contribution in [0.3, 0.4) is 0 Å². The Morgan fingerprint density at radius 1 is 1.64 bits per heavy atom. The molecule has 0 atom stereocenters. The number of methoxy groups -OCH3 is 1. The van der Waals surface area contributed by atoms with Crippen LogP contribution in [0, 0.1) is 6.92 Å². The maximum absolute atomic E-state index is 11.5. The highest BCUT2D eigenvalue weighted by Crippen LogP contribution is 2.05. The summed E-state index contributed by atoms with van der Waals surface area (Å²) < 4.78 is 6.23. The predicted molar refractivity (Wildman–Crippen MR) is 55.2 cm³/mol. The van der Waals surface area contributed by atoms with Crippen LogP contribution in [0.15, 0.2) is 21.5 Å². The molecule has 0 unspecified atom stereocenters. The lowest BCUT2D eigenvalue weighted by atomic mass is 10.3. The third kappa shape index (κ3) is 2.45. The number of aromatic nitrogens is 1. The molecular formula is C9H10BrNO3. The van der Waals surface area contributed by atoms with Crippen molar-refractivity contribution in [1.29, 1.82) is 0 Å². The predicted octanol–water partition coefficient (Wildman–Crippen LogP) is 1.09. The summed E-state index contributed by atoms with van der Waals surface area (Å²) >= 11 is 3.12. The molecule has 0 saturated carbocycles. The summed E-state index contributed by atoms with van der Waals surface area (Å²) in [6.45, 7) is 1.79. The first-order chi connectivity index (χ1) is 6.54. The van der Waals surface area contributed by atoms with Gasteiger partial charge in [0.05, 0.1) is 11.6 Å². The number of aryl methyl sites for hydroxylation is 1. The molecule has 0 aliphatic carbocycles. The highest BCUT2D eigenvalue weighted by molar-refractivity contribution is 9.10. The monoisotopic (exact) mass is 259 g/mol. The maximum atomic E-state index is 11.5. The van der Waals surface area contributed by atoms with Crippen LogP contribution in [-0.2, 0) is 16.1 Å². The van der Waals surface area contributed by atoms with E-state index in [-0.39, 0.29) is 12.1 Å². The average molecular weight is 260 g/mol. The molecule has 0 saturated heterocycles. The summed E-state index contributed by atoms with van der Waals surface area (Å²) in [5.41, 5.74) is 0.668. The molecule has 0 radical (unpaired) electrons. The van der Waals surface area contributed by atoms with Crippen LogP contribution in [0.4, 0.5) is 0 Å². The lowest BCUT2D eigenvalue weighted by molar-refractivity contribution is -0.141. The summed E-state index contributed by atoms with van der Waals surface area (Å²) in [6, 6.07) is 1.70. The molecule has 76 valence electrons. The van der Waals surface area contributed by atoms with Gasteiger partial charge in [0.25, 0.3) is 5.56 Å². The summed E-state index contributed by atoms with van der Waals surface area (Å²) in [5, 5.41) is 0. The van der Waals surface area contributed by atoms with Gasteiger partial charge < -0.3 is 9.30 Å². The minimum atomic E-state index is -0.440. The number of ether oxygens (including phenoxy) is 1. The average Bonchev–Trinajstić information content (AvgIpc) is 2.13. The van der Waals surface area contributed by atoms with Crippen molar-refractivity contribution in [2.75, 3.05) is 7.11 Å². The highest BCUT2D eigenvalue weighted by Gasteiger charge is 2.06. The molecule has 5 heteroatoms. The van der Waals surface area contributed by atoms with Gasteiger partial charge in [-0.25, -0.2) is 0 Å². The van der Waals surface area contributed by atoms with E-state index in [1.807, 2.05) is 6.92 Å². The van der Waals surface area contributed by atoms with Crippen LogP contribution in [0.5, 0.6) is 0 Å². The second-order valence-corrected chi connectivity index (χ2v) is 3.73. The van der Waals surface area contributed by atoms with Gasteiger partial charge in [-0.1, -0.05) is 0 Å². The van der Waals surface area contributed by atoms with E-state index < -0.39 is 5.97 Å². The van der Waals surface area contributed by atoms with E-state index in [1.54, 1.807) is 12.3 Å². The van der Waals surface area contributed by atoms with Gasteiger partial charge in [-0.05, 0) is 34.5 Å². The normalized spacial score (nSPS) is 9.93. The van der Waals surface area contributed by atoms with Gasteiger partial charge in [0.15, 0.2) is 0 Å². The van der Waals surface area contributed by atoms with E-state index in [0.29, 0.717) is 4.47 Å². The fraction of sp³-hybridized carbons (Fsp3) is 0.333. The van der Waals surface area contributed by atoms with Gasteiger partial charge in [-0.3, -0.25) is 9.59 Å². The number of carbonyl (C=O) groups is 1. The van der Waals surface area contributed by atoms with Crippen molar-refractivity contribution in [3.8, 4) is 0 Å². The Balaban J connectivity index is 3.09. The topological polar surface area (TPSA) is 48.3 Å². The van der Waals surface area contributed by atoms with E-state index >= 15 is 0 Å². The van der Waals surface area contributed by atoms with Gasteiger partial charge in [0, 0.05) is 6.20 Å². The van der Waals surface area contributed by atoms with Crippen LogP contribution < -0.4 is 5.56 Å². The Hall–Kier alpha value is -1.10. The van der Waals surface area contributed by atoms with Crippen molar-refractivity contribution in [3.05, 3.63) is 32.7 Å². The van der Waals surface area contributed by atoms with Crippen LogP contribution in [0.25, 0.3) is 0 Å². The molecule has 0 aliphatic heterocycles. The lowest BCUT2D eigenvalue weighted by Crippen LogP contribution is -2.25. The molecule has 14 heavy (non-hydrogen) atoms. The molecule has 0 bridgehead atoms. The lowest BCUT2D eigenvalue weighted by Gasteiger charge is -2.05. The number of carbonyl (C=O) groups excluding carboxylic acids is 1. The third-order valence-corrected chi connectivity index (χ3v) is 2.27. The molecule has 1 aromatic rings. The maximum Gasteiger partial charge on any atom is 0.325 e. The van der Waals surface area contributed by atoms with Crippen molar-refractivity contribution >= 4 is 21.9 Å². The van der Waals surface area contributed by atoms with Crippen LogP contribution in [-0.4, -0.2) is 17.6 Å². The van der Waals surface area contributed by atoms with E-state index in [9.17, 15) is 9.59 Å². The Morgan fingerprint density at radius 3 is 2.86 bits per heavy atom. The fourth-order valence-electron chi connectivity index (χ4n) is 1.06. The molecule has 1 rings (SSSR count). The van der Waals surface area contributed by atoms with E-state index in [0.717, 1.165) is 5.56 Å². The Morgan fingerprint density at radius 2 is 2.29 bits per heavy atom. The second-order valence-electron chi connectivity index (χ2n) is 2.87. The SMILES string of the molecule is COC(=O)Cn1cc(C)cc(Br)c1=O. The molecule has 0 spiro atoms. The molecule has 0 fully saturated rings. The molecule has 0 aliphatic rings. The van der Waals surface area contributed by atoms with Crippen molar-refractivity contribution < 1.29 is 9.53 Å². The summed E-state index contributed by atoms with van der Waals surface area (Å²) in [6.07, 6.45) is 1.62. The number of hydrogen-bond donors (Lipinski definition) is 0. The minimum absolute atomic E-state index is 0.0599. The quantitative estimate of drug-likeness (QED) is 0.748. The van der Waals surface area contributed by atoms with Gasteiger partial charge >= 0.3 is 5.97 Å². The third-order valence-electron chi connectivity index (χ3n) is 1.71. The molecule has 1 aromatic heterocycles. The first kappa shape index (κ1) is 11.0. The van der Waals surface area contributed by atoms with Crippen molar-refractivity contribution in [2.45, 2.75) is 13.5 Å². The number of hydrogen-bond acceptors (Lipinski definition) is 3. The van der Waals surface area contributed by atoms with Crippen molar-refractivity contribution in [3.63, 3.8) is 0 Å². The first-order valence-corrected chi connectivity index (χ1v) is 4.77. The van der Waals surface area contributed by atoms with E-state index in [4.69, 9.17) is 0 Å². The smallest absolute Gasteiger partial charge is 0.325 e. The standard InChI is InChI=1S/C9H10BrNO3/c1-6-3-7(10)9(13)11(4-6)5-8(12)14-2/h3-4H,5H2,1-2H3. The highest BCUT2D eigenvalue weighted by atomic mass is 79.9. The summed E-state index contributed by atoms with van der Waals surface area (Å²) in [7, 11) is 1.29. The van der Waals surface area contributed by atoms with E-state index in [1.165, 1.54) is 11.7 Å².